The lowest BCUT2D eigenvalue weighted by Gasteiger charge is -2.36. The van der Waals surface area contributed by atoms with Crippen LogP contribution in [0, 0.1) is 9.39 Å². The Morgan fingerprint density at radius 2 is 1.96 bits per heavy atom. The molecule has 2 aromatic carbocycles. The minimum atomic E-state index is -0.150. The average Bonchev–Trinajstić information content (AvgIpc) is 2.63. The molecular weight excluding hydrogens is 430 g/mol. The first-order valence-electron chi connectivity index (χ1n) is 8.60. The summed E-state index contributed by atoms with van der Waals surface area (Å²) in [5, 5.41) is 3.38. The van der Waals surface area contributed by atoms with Crippen LogP contribution >= 0.6 is 22.6 Å². The molecule has 1 saturated heterocycles. The summed E-state index contributed by atoms with van der Waals surface area (Å²) in [6.07, 6.45) is 1.16. The molecule has 5 heteroatoms. The number of carbonyl (C=O) groups excluding carboxylic acids is 1. The van der Waals surface area contributed by atoms with Crippen LogP contribution in [0.2, 0.25) is 0 Å². The van der Waals surface area contributed by atoms with Crippen molar-refractivity contribution in [3.8, 4) is 0 Å². The Bertz CT molecular complexity index is 720. The normalized spacial score (nSPS) is 18.2. The highest BCUT2D eigenvalue weighted by Gasteiger charge is 2.23. The van der Waals surface area contributed by atoms with Crippen molar-refractivity contribution >= 4 is 28.4 Å². The second kappa shape index (κ2) is 8.87. The highest BCUT2D eigenvalue weighted by molar-refractivity contribution is 14.1. The van der Waals surface area contributed by atoms with Crippen LogP contribution in [0.15, 0.2) is 48.5 Å². The van der Waals surface area contributed by atoms with Crippen molar-refractivity contribution in [2.75, 3.05) is 26.2 Å². The Kier molecular flexibility index (Phi) is 6.56. The van der Waals surface area contributed by atoms with Crippen molar-refractivity contribution in [3.63, 3.8) is 0 Å². The van der Waals surface area contributed by atoms with Crippen LogP contribution < -0.4 is 5.32 Å². The second-order valence-electron chi connectivity index (χ2n) is 6.37. The maximum absolute atomic E-state index is 13.9. The Morgan fingerprint density at radius 1 is 1.20 bits per heavy atom. The number of halogens is 2. The molecule has 1 aliphatic rings. The Balaban J connectivity index is 1.60. The molecule has 1 unspecified atom stereocenters. The number of benzene rings is 2. The van der Waals surface area contributed by atoms with Crippen molar-refractivity contribution in [1.29, 1.82) is 0 Å². The number of Topliss-reactive ketones (excluding diaryl/α,β-unsaturated/α-hetero) is 1. The molecule has 1 aliphatic heterocycles. The van der Waals surface area contributed by atoms with Crippen LogP contribution in [-0.2, 0) is 6.42 Å². The molecule has 132 valence electrons. The molecular formula is C20H22FIN2O. The molecule has 1 N–H and O–H groups in total. The minimum absolute atomic E-state index is 0.150. The van der Waals surface area contributed by atoms with Gasteiger partial charge in [-0.3, -0.25) is 9.69 Å². The number of ketones is 1. The molecule has 0 aromatic heterocycles. The van der Waals surface area contributed by atoms with Gasteiger partial charge in [0.25, 0.3) is 0 Å². The van der Waals surface area contributed by atoms with Gasteiger partial charge in [0.2, 0.25) is 0 Å². The number of nitrogens with one attached hydrogen (secondary N) is 1. The molecule has 1 fully saturated rings. The zero-order valence-electron chi connectivity index (χ0n) is 14.1. The lowest BCUT2D eigenvalue weighted by atomic mass is 10.0. The van der Waals surface area contributed by atoms with Crippen LogP contribution in [0.4, 0.5) is 4.39 Å². The van der Waals surface area contributed by atoms with Gasteiger partial charge >= 0.3 is 0 Å². The summed E-state index contributed by atoms with van der Waals surface area (Å²) in [6.45, 7) is 3.34. The Morgan fingerprint density at radius 3 is 2.72 bits per heavy atom. The summed E-state index contributed by atoms with van der Waals surface area (Å²) in [7, 11) is 0. The molecule has 0 aliphatic carbocycles. The van der Waals surface area contributed by atoms with E-state index in [0.717, 1.165) is 34.3 Å². The van der Waals surface area contributed by atoms with Crippen molar-refractivity contribution in [2.45, 2.75) is 18.9 Å². The molecule has 3 rings (SSSR count). The lowest BCUT2D eigenvalue weighted by molar-refractivity contribution is 0.0935. The summed E-state index contributed by atoms with van der Waals surface area (Å²) in [6, 6.07) is 14.9. The molecule has 25 heavy (non-hydrogen) atoms. The van der Waals surface area contributed by atoms with E-state index in [1.165, 1.54) is 6.07 Å². The maximum Gasteiger partial charge on any atom is 0.164 e. The van der Waals surface area contributed by atoms with E-state index in [1.54, 1.807) is 6.07 Å². The van der Waals surface area contributed by atoms with Gasteiger partial charge in [0.1, 0.15) is 5.82 Å². The number of hydrogen-bond donors (Lipinski definition) is 1. The smallest absolute Gasteiger partial charge is 0.164 e. The van der Waals surface area contributed by atoms with E-state index in [2.05, 4.69) is 32.8 Å². The molecule has 3 nitrogen and oxygen atoms in total. The van der Waals surface area contributed by atoms with E-state index < -0.39 is 0 Å². The highest BCUT2D eigenvalue weighted by atomic mass is 127. The minimum Gasteiger partial charge on any atom is -0.314 e. The molecule has 2 aromatic rings. The largest absolute Gasteiger partial charge is 0.314 e. The van der Waals surface area contributed by atoms with Gasteiger partial charge in [-0.2, -0.15) is 0 Å². The maximum atomic E-state index is 13.9. The van der Waals surface area contributed by atoms with Gasteiger partial charge in [0, 0.05) is 47.8 Å². The van der Waals surface area contributed by atoms with Crippen LogP contribution in [0.3, 0.4) is 0 Å². The van der Waals surface area contributed by atoms with E-state index in [4.69, 9.17) is 0 Å². The van der Waals surface area contributed by atoms with E-state index >= 15 is 0 Å². The molecule has 1 atom stereocenters. The molecule has 0 saturated carbocycles. The van der Waals surface area contributed by atoms with Crippen LogP contribution in [0.1, 0.15) is 22.3 Å². The molecule has 1 heterocycles. The van der Waals surface area contributed by atoms with E-state index in [-0.39, 0.29) is 17.6 Å². The van der Waals surface area contributed by atoms with Crippen LogP contribution in [-0.4, -0.2) is 42.9 Å². The van der Waals surface area contributed by atoms with Crippen LogP contribution in [0.5, 0.6) is 0 Å². The predicted octanol–water partition coefficient (Wildman–Crippen LogP) is 3.52. The van der Waals surface area contributed by atoms with Gasteiger partial charge in [-0.05, 0) is 52.8 Å². The Hall–Kier alpha value is -1.31. The van der Waals surface area contributed by atoms with Crippen molar-refractivity contribution < 1.29 is 9.18 Å². The SMILES string of the molecule is O=C(CCN1CCNCC1Cc1ccccc1F)c1ccc(I)cc1. The van der Waals surface area contributed by atoms with E-state index in [1.807, 2.05) is 36.4 Å². The predicted molar refractivity (Wildman–Crippen MR) is 106 cm³/mol. The third-order valence-corrected chi connectivity index (χ3v) is 5.40. The van der Waals surface area contributed by atoms with Crippen molar-refractivity contribution in [1.82, 2.24) is 10.2 Å². The first-order valence-corrected chi connectivity index (χ1v) is 9.68. The fourth-order valence-corrected chi connectivity index (χ4v) is 3.60. The number of nitrogens with zero attached hydrogens (tertiary/aromatic N) is 1. The topological polar surface area (TPSA) is 32.3 Å². The summed E-state index contributed by atoms with van der Waals surface area (Å²) in [4.78, 5) is 14.7. The van der Waals surface area contributed by atoms with Crippen molar-refractivity contribution in [2.24, 2.45) is 0 Å². The fourth-order valence-electron chi connectivity index (χ4n) is 3.24. The van der Waals surface area contributed by atoms with Gasteiger partial charge in [-0.15, -0.1) is 0 Å². The zero-order valence-corrected chi connectivity index (χ0v) is 16.2. The standard InChI is InChI=1S/C20H22FIN2O/c21-19-4-2-1-3-16(19)13-18-14-23-10-12-24(18)11-9-20(25)15-5-7-17(22)8-6-15/h1-8,18,23H,9-14H2. The number of carbonyl (C=O) groups is 1. The van der Waals surface area contributed by atoms with Gasteiger partial charge in [0.15, 0.2) is 5.78 Å². The lowest BCUT2D eigenvalue weighted by Crippen LogP contribution is -2.52. The van der Waals surface area contributed by atoms with E-state index in [0.29, 0.717) is 19.4 Å². The Labute approximate surface area is 161 Å². The third kappa shape index (κ3) is 5.09. The van der Waals surface area contributed by atoms with E-state index in [9.17, 15) is 9.18 Å². The van der Waals surface area contributed by atoms with Gasteiger partial charge in [0.05, 0.1) is 0 Å². The summed E-state index contributed by atoms with van der Waals surface area (Å²) < 4.78 is 15.1. The van der Waals surface area contributed by atoms with Crippen molar-refractivity contribution in [3.05, 3.63) is 69.0 Å². The quantitative estimate of drug-likeness (QED) is 0.538. The fraction of sp³-hybridized carbons (Fsp3) is 0.350. The molecule has 0 radical (unpaired) electrons. The average molecular weight is 452 g/mol. The molecule has 0 bridgehead atoms. The number of hydrogen-bond acceptors (Lipinski definition) is 3. The molecule has 0 amide bonds. The number of piperazine rings is 1. The third-order valence-electron chi connectivity index (χ3n) is 4.68. The van der Waals surface area contributed by atoms with Gasteiger partial charge in [-0.25, -0.2) is 4.39 Å². The molecule has 0 spiro atoms. The number of rotatable bonds is 6. The highest BCUT2D eigenvalue weighted by Crippen LogP contribution is 2.16. The first-order chi connectivity index (χ1) is 12.1. The summed E-state index contributed by atoms with van der Waals surface area (Å²) >= 11 is 2.24. The monoisotopic (exact) mass is 452 g/mol. The van der Waals surface area contributed by atoms with Gasteiger partial charge in [-0.1, -0.05) is 30.3 Å². The second-order valence-corrected chi connectivity index (χ2v) is 7.62. The van der Waals surface area contributed by atoms with Gasteiger partial charge < -0.3 is 5.32 Å². The summed E-state index contributed by atoms with van der Waals surface area (Å²) in [5.74, 6) is 0.0163. The summed E-state index contributed by atoms with van der Waals surface area (Å²) in [5.41, 5.74) is 1.51. The first kappa shape index (κ1) is 18.5. The van der Waals surface area contributed by atoms with Crippen LogP contribution in [0.25, 0.3) is 0 Å². The zero-order chi connectivity index (χ0) is 17.6.